The van der Waals surface area contributed by atoms with Crippen molar-refractivity contribution in [1.29, 1.82) is 0 Å². The van der Waals surface area contributed by atoms with Crippen LogP contribution in [0.25, 0.3) is 0 Å². The summed E-state index contributed by atoms with van der Waals surface area (Å²) in [5, 5.41) is 4.35. The van der Waals surface area contributed by atoms with E-state index in [4.69, 9.17) is 16.3 Å². The van der Waals surface area contributed by atoms with Crippen LogP contribution in [0.4, 0.5) is 17.1 Å². The lowest BCUT2D eigenvalue weighted by atomic mass is 9.73. The number of nitrogens with one attached hydrogen (secondary N) is 1. The minimum atomic E-state index is -0.481. The van der Waals surface area contributed by atoms with Crippen molar-refractivity contribution in [3.8, 4) is 5.75 Å². The molecule has 1 atom stereocenters. The number of halogens is 1. The maximum absolute atomic E-state index is 14.1. The molecule has 224 valence electrons. The van der Waals surface area contributed by atoms with Gasteiger partial charge in [0.15, 0.2) is 5.78 Å². The van der Waals surface area contributed by atoms with Crippen LogP contribution in [0.3, 0.4) is 0 Å². The summed E-state index contributed by atoms with van der Waals surface area (Å²) < 4.78 is 5.83. The van der Waals surface area contributed by atoms with E-state index >= 15 is 0 Å². The fourth-order valence-electron chi connectivity index (χ4n) is 6.81. The van der Waals surface area contributed by atoms with E-state index in [1.165, 1.54) is 5.56 Å². The molecule has 43 heavy (non-hydrogen) atoms. The van der Waals surface area contributed by atoms with Crippen LogP contribution in [0.2, 0.25) is 5.02 Å². The second-order valence-corrected chi connectivity index (χ2v) is 13.0. The third-order valence-corrected chi connectivity index (χ3v) is 9.12. The first-order valence-corrected chi connectivity index (χ1v) is 15.3. The maximum atomic E-state index is 14.1. The Hall–Kier alpha value is -3.97. The molecule has 3 aromatic rings. The number of ether oxygens (including phenoxy) is 1. The van der Waals surface area contributed by atoms with Crippen LogP contribution in [0.1, 0.15) is 43.9 Å². The van der Waals surface area contributed by atoms with E-state index < -0.39 is 6.04 Å². The SMILES string of the molecule is COc1ccccc1C1C2=C(CC(C)(C)CC2=O)Nc2ccccc2N1CC(=O)N1CCN(c2cc(Cl)ccc2C)CC1. The number of allylic oxidation sites excluding steroid dienone is 1. The van der Waals surface area contributed by atoms with Gasteiger partial charge in [-0.2, -0.15) is 0 Å². The summed E-state index contributed by atoms with van der Waals surface area (Å²) >= 11 is 6.30. The van der Waals surface area contributed by atoms with Gasteiger partial charge in [0.25, 0.3) is 0 Å². The summed E-state index contributed by atoms with van der Waals surface area (Å²) in [6.45, 7) is 9.16. The van der Waals surface area contributed by atoms with Crippen LogP contribution < -0.4 is 19.9 Å². The van der Waals surface area contributed by atoms with Gasteiger partial charge in [0.2, 0.25) is 5.91 Å². The number of fused-ring (bicyclic) bond motifs is 1. The zero-order valence-electron chi connectivity index (χ0n) is 25.3. The topological polar surface area (TPSA) is 65.1 Å². The number of hydrogen-bond acceptors (Lipinski definition) is 6. The van der Waals surface area contributed by atoms with E-state index in [0.29, 0.717) is 35.9 Å². The Balaban J connectivity index is 1.36. The van der Waals surface area contributed by atoms with E-state index in [9.17, 15) is 9.59 Å². The van der Waals surface area contributed by atoms with Gasteiger partial charge in [0.1, 0.15) is 5.75 Å². The molecule has 1 amide bonds. The molecular formula is C35H39ClN4O3. The molecule has 3 aliphatic rings. The van der Waals surface area contributed by atoms with E-state index in [1.807, 2.05) is 71.6 Å². The van der Waals surface area contributed by atoms with E-state index in [2.05, 4.69) is 35.9 Å². The van der Waals surface area contributed by atoms with Crippen molar-refractivity contribution < 1.29 is 14.3 Å². The highest BCUT2D eigenvalue weighted by atomic mass is 35.5. The molecule has 6 rings (SSSR count). The monoisotopic (exact) mass is 598 g/mol. The molecule has 0 spiro atoms. The highest BCUT2D eigenvalue weighted by Crippen LogP contribution is 2.49. The first-order valence-electron chi connectivity index (χ1n) is 15.0. The van der Waals surface area contributed by atoms with Gasteiger partial charge in [-0.25, -0.2) is 0 Å². The Morgan fingerprint density at radius 1 is 0.977 bits per heavy atom. The third kappa shape index (κ3) is 5.70. The molecule has 2 heterocycles. The number of piperazine rings is 1. The van der Waals surface area contributed by atoms with Crippen molar-refractivity contribution in [1.82, 2.24) is 4.90 Å². The molecule has 0 bridgehead atoms. The first-order chi connectivity index (χ1) is 20.6. The molecule has 0 aromatic heterocycles. The van der Waals surface area contributed by atoms with E-state index in [0.717, 1.165) is 47.8 Å². The summed E-state index contributed by atoms with van der Waals surface area (Å²) in [6, 6.07) is 21.3. The Labute approximate surface area is 259 Å². The van der Waals surface area contributed by atoms with Crippen LogP contribution in [-0.4, -0.2) is 56.4 Å². The number of methoxy groups -OCH3 is 1. The summed E-state index contributed by atoms with van der Waals surface area (Å²) in [7, 11) is 1.65. The molecule has 0 radical (unpaired) electrons. The van der Waals surface area contributed by atoms with Crippen molar-refractivity contribution in [3.63, 3.8) is 0 Å². The molecule has 8 heteroatoms. The van der Waals surface area contributed by atoms with Gasteiger partial charge in [-0.15, -0.1) is 0 Å². The van der Waals surface area contributed by atoms with Gasteiger partial charge < -0.3 is 24.8 Å². The molecular weight excluding hydrogens is 560 g/mol. The number of nitrogens with zero attached hydrogens (tertiary/aromatic N) is 3. The Morgan fingerprint density at radius 2 is 1.70 bits per heavy atom. The summed E-state index contributed by atoms with van der Waals surface area (Å²) in [4.78, 5) is 34.5. The predicted molar refractivity (Wildman–Crippen MR) is 173 cm³/mol. The van der Waals surface area contributed by atoms with Gasteiger partial charge in [-0.05, 0) is 54.7 Å². The first kappa shape index (κ1) is 29.1. The zero-order valence-corrected chi connectivity index (χ0v) is 26.1. The lowest BCUT2D eigenvalue weighted by Crippen LogP contribution is -2.52. The smallest absolute Gasteiger partial charge is 0.242 e. The summed E-state index contributed by atoms with van der Waals surface area (Å²) in [5.74, 6) is 0.828. The van der Waals surface area contributed by atoms with Gasteiger partial charge in [-0.1, -0.05) is 61.8 Å². The Kier molecular flexibility index (Phi) is 7.86. The van der Waals surface area contributed by atoms with E-state index in [-0.39, 0.29) is 23.7 Å². The van der Waals surface area contributed by atoms with Gasteiger partial charge in [0, 0.05) is 60.1 Å². The van der Waals surface area contributed by atoms with Crippen molar-refractivity contribution >= 4 is 40.4 Å². The van der Waals surface area contributed by atoms with Crippen LogP contribution in [0.15, 0.2) is 78.0 Å². The molecule has 1 N–H and O–H groups in total. The molecule has 2 aliphatic heterocycles. The number of rotatable bonds is 5. The number of carbonyl (C=O) groups excluding carboxylic acids is 2. The summed E-state index contributed by atoms with van der Waals surface area (Å²) in [5.41, 5.74) is 6.41. The van der Waals surface area contributed by atoms with Crippen molar-refractivity contribution in [3.05, 3.63) is 94.1 Å². The normalized spacial score (nSPS) is 19.8. The lowest BCUT2D eigenvalue weighted by molar-refractivity contribution is -0.130. The lowest BCUT2D eigenvalue weighted by Gasteiger charge is -2.40. The minimum Gasteiger partial charge on any atom is -0.496 e. The Morgan fingerprint density at radius 3 is 2.47 bits per heavy atom. The standard InChI is InChI=1S/C35H39ClN4O3/c1-23-13-14-24(36)19-29(23)38-15-17-39(18-16-38)32(42)22-40-28-11-7-6-10-26(28)37-27-20-35(2,3)21-30(41)33(27)34(40)25-9-5-8-12-31(25)43-4/h5-14,19,34,37H,15-18,20-22H2,1-4H3. The van der Waals surface area contributed by atoms with Crippen LogP contribution >= 0.6 is 11.6 Å². The Bertz CT molecular complexity index is 1590. The number of amides is 1. The number of aryl methyl sites for hydroxylation is 1. The average Bonchev–Trinajstić information content (AvgIpc) is 3.12. The predicted octanol–water partition coefficient (Wildman–Crippen LogP) is 6.62. The van der Waals surface area contributed by atoms with Crippen LogP contribution in [-0.2, 0) is 9.59 Å². The number of ketones is 1. The number of Topliss-reactive ketones (excluding diaryl/α,β-unsaturated/α-hetero) is 1. The average molecular weight is 599 g/mol. The number of anilines is 3. The van der Waals surface area contributed by atoms with Crippen molar-refractivity contribution in [2.24, 2.45) is 5.41 Å². The highest BCUT2D eigenvalue weighted by molar-refractivity contribution is 6.30. The second-order valence-electron chi connectivity index (χ2n) is 12.5. The van der Waals surface area contributed by atoms with Crippen molar-refractivity contribution in [2.45, 2.75) is 39.7 Å². The van der Waals surface area contributed by atoms with E-state index in [1.54, 1.807) is 7.11 Å². The molecule has 0 saturated carbocycles. The molecule has 3 aromatic carbocycles. The van der Waals surface area contributed by atoms with Gasteiger partial charge >= 0.3 is 0 Å². The molecule has 1 unspecified atom stereocenters. The largest absolute Gasteiger partial charge is 0.496 e. The molecule has 7 nitrogen and oxygen atoms in total. The zero-order chi connectivity index (χ0) is 30.3. The minimum absolute atomic E-state index is 0.0322. The maximum Gasteiger partial charge on any atom is 0.242 e. The molecule has 1 fully saturated rings. The van der Waals surface area contributed by atoms with Crippen LogP contribution in [0, 0.1) is 12.3 Å². The quantitative estimate of drug-likeness (QED) is 0.356. The van der Waals surface area contributed by atoms with Crippen molar-refractivity contribution in [2.75, 3.05) is 55.0 Å². The summed E-state index contributed by atoms with van der Waals surface area (Å²) in [6.07, 6.45) is 1.18. The number of para-hydroxylation sites is 3. The molecule has 1 aliphatic carbocycles. The third-order valence-electron chi connectivity index (χ3n) is 8.89. The second kappa shape index (κ2) is 11.6. The van der Waals surface area contributed by atoms with Gasteiger partial charge in [0.05, 0.1) is 31.1 Å². The number of hydrogen-bond donors (Lipinski definition) is 1. The number of benzene rings is 3. The molecule has 1 saturated heterocycles. The highest BCUT2D eigenvalue weighted by Gasteiger charge is 2.43. The van der Waals surface area contributed by atoms with Gasteiger partial charge in [-0.3, -0.25) is 9.59 Å². The fourth-order valence-corrected chi connectivity index (χ4v) is 6.98. The van der Waals surface area contributed by atoms with Crippen LogP contribution in [0.5, 0.6) is 5.75 Å². The fraction of sp³-hybridized carbons (Fsp3) is 0.371. The number of carbonyl (C=O) groups is 2.